The molecular formula is C19H30N3S+. The average molecular weight is 333 g/mol. The van der Waals surface area contributed by atoms with E-state index >= 15 is 0 Å². The fourth-order valence-electron chi connectivity index (χ4n) is 4.04. The van der Waals surface area contributed by atoms with Gasteiger partial charge in [0.1, 0.15) is 6.04 Å². The fraction of sp³-hybridized carbons (Fsp3) is 0.632. The van der Waals surface area contributed by atoms with Crippen molar-refractivity contribution in [2.24, 2.45) is 0 Å². The molecule has 1 aromatic rings. The van der Waals surface area contributed by atoms with Crippen LogP contribution in [0.4, 0.5) is 0 Å². The second kappa shape index (κ2) is 8.65. The minimum Gasteiger partial charge on any atom is -0.360 e. The largest absolute Gasteiger partial charge is 0.360 e. The van der Waals surface area contributed by atoms with E-state index in [-0.39, 0.29) is 0 Å². The lowest BCUT2D eigenvalue weighted by atomic mass is 9.96. The van der Waals surface area contributed by atoms with Gasteiger partial charge in [0.2, 0.25) is 0 Å². The highest BCUT2D eigenvalue weighted by Crippen LogP contribution is 2.17. The molecule has 126 valence electrons. The molecule has 0 radical (unpaired) electrons. The lowest BCUT2D eigenvalue weighted by Gasteiger charge is -2.28. The first kappa shape index (κ1) is 16.7. The van der Waals surface area contributed by atoms with Gasteiger partial charge in [-0.1, -0.05) is 49.6 Å². The first-order valence-corrected chi connectivity index (χ1v) is 9.67. The quantitative estimate of drug-likeness (QED) is 0.722. The Morgan fingerprint density at radius 2 is 1.74 bits per heavy atom. The van der Waals surface area contributed by atoms with Crippen molar-refractivity contribution in [3.8, 4) is 0 Å². The Labute approximate surface area is 145 Å². The second-order valence-corrected chi connectivity index (χ2v) is 7.43. The normalized spacial score (nSPS) is 21.0. The van der Waals surface area contributed by atoms with E-state index in [9.17, 15) is 0 Å². The van der Waals surface area contributed by atoms with Gasteiger partial charge in [0, 0.05) is 24.4 Å². The van der Waals surface area contributed by atoms with E-state index in [1.807, 2.05) is 0 Å². The molecule has 0 spiro atoms. The van der Waals surface area contributed by atoms with Crippen molar-refractivity contribution >= 4 is 17.3 Å². The Morgan fingerprint density at radius 3 is 2.43 bits per heavy atom. The SMILES string of the molecule is S=C(NC[C@@H](c1ccccc1)[NH+]1CCCC1)NC1CCCCC1. The van der Waals surface area contributed by atoms with E-state index < -0.39 is 0 Å². The average Bonchev–Trinajstić information content (AvgIpc) is 3.11. The van der Waals surface area contributed by atoms with E-state index in [1.54, 1.807) is 4.90 Å². The lowest BCUT2D eigenvalue weighted by molar-refractivity contribution is -0.918. The number of benzene rings is 1. The highest BCUT2D eigenvalue weighted by atomic mass is 32.1. The van der Waals surface area contributed by atoms with Gasteiger partial charge in [-0.3, -0.25) is 0 Å². The molecule has 1 saturated heterocycles. The lowest BCUT2D eigenvalue weighted by Crippen LogP contribution is -3.11. The molecule has 2 aliphatic rings. The number of hydrogen-bond acceptors (Lipinski definition) is 1. The summed E-state index contributed by atoms with van der Waals surface area (Å²) in [5.41, 5.74) is 1.43. The fourth-order valence-corrected chi connectivity index (χ4v) is 4.29. The molecule has 1 aliphatic heterocycles. The molecule has 3 N–H and O–H groups in total. The molecule has 2 fully saturated rings. The van der Waals surface area contributed by atoms with Gasteiger partial charge in [0.15, 0.2) is 5.11 Å². The molecule has 0 amide bonds. The monoisotopic (exact) mass is 332 g/mol. The highest BCUT2D eigenvalue weighted by molar-refractivity contribution is 7.80. The second-order valence-electron chi connectivity index (χ2n) is 7.02. The molecule has 0 bridgehead atoms. The third-order valence-corrected chi connectivity index (χ3v) is 5.61. The summed E-state index contributed by atoms with van der Waals surface area (Å²) in [7, 11) is 0. The number of likely N-dealkylation sites (tertiary alicyclic amines) is 1. The molecule has 1 heterocycles. The minimum atomic E-state index is 0.504. The molecule has 1 aliphatic carbocycles. The number of nitrogens with one attached hydrogen (secondary N) is 3. The summed E-state index contributed by atoms with van der Waals surface area (Å²) in [4.78, 5) is 1.70. The maximum atomic E-state index is 5.55. The van der Waals surface area contributed by atoms with Crippen LogP contribution in [0.1, 0.15) is 56.6 Å². The Kier molecular flexibility index (Phi) is 6.29. The van der Waals surface area contributed by atoms with Crippen molar-refractivity contribution in [1.29, 1.82) is 0 Å². The van der Waals surface area contributed by atoms with E-state index in [0.717, 1.165) is 11.7 Å². The van der Waals surface area contributed by atoms with Crippen LogP contribution in [0, 0.1) is 0 Å². The first-order chi connectivity index (χ1) is 11.3. The number of quaternary nitrogens is 1. The third-order valence-electron chi connectivity index (χ3n) is 5.35. The molecule has 4 heteroatoms. The Morgan fingerprint density at radius 1 is 1.04 bits per heavy atom. The smallest absolute Gasteiger partial charge is 0.166 e. The van der Waals surface area contributed by atoms with E-state index in [0.29, 0.717) is 12.1 Å². The molecule has 3 nitrogen and oxygen atoms in total. The summed E-state index contributed by atoms with van der Waals surface area (Å²) in [5, 5.41) is 7.88. The van der Waals surface area contributed by atoms with Crippen molar-refractivity contribution in [2.75, 3.05) is 19.6 Å². The van der Waals surface area contributed by atoms with Gasteiger partial charge in [0.05, 0.1) is 19.6 Å². The summed E-state index contributed by atoms with van der Waals surface area (Å²) in [6, 6.07) is 12.0. The first-order valence-electron chi connectivity index (χ1n) is 9.27. The summed E-state index contributed by atoms with van der Waals surface area (Å²) in [5.74, 6) is 0. The van der Waals surface area contributed by atoms with Gasteiger partial charge < -0.3 is 15.5 Å². The predicted octanol–water partition coefficient (Wildman–Crippen LogP) is 2.20. The zero-order valence-electron chi connectivity index (χ0n) is 14.0. The molecule has 1 saturated carbocycles. The maximum absolute atomic E-state index is 5.55. The van der Waals surface area contributed by atoms with Crippen molar-refractivity contribution < 1.29 is 4.90 Å². The van der Waals surface area contributed by atoms with Gasteiger partial charge in [-0.15, -0.1) is 0 Å². The van der Waals surface area contributed by atoms with Gasteiger partial charge in [-0.05, 0) is 25.1 Å². The number of hydrogen-bond donors (Lipinski definition) is 3. The number of rotatable bonds is 5. The molecule has 3 rings (SSSR count). The van der Waals surface area contributed by atoms with Crippen LogP contribution in [0.2, 0.25) is 0 Å². The van der Waals surface area contributed by atoms with Crippen molar-refractivity contribution in [3.63, 3.8) is 0 Å². The number of thiocarbonyl (C=S) groups is 1. The van der Waals surface area contributed by atoms with Crippen LogP contribution in [0.5, 0.6) is 0 Å². The molecule has 1 atom stereocenters. The Balaban J connectivity index is 1.54. The summed E-state index contributed by atoms with van der Waals surface area (Å²) < 4.78 is 0. The molecule has 23 heavy (non-hydrogen) atoms. The highest BCUT2D eigenvalue weighted by Gasteiger charge is 2.27. The van der Waals surface area contributed by atoms with E-state index in [1.165, 1.54) is 63.6 Å². The van der Waals surface area contributed by atoms with Crippen LogP contribution in [-0.2, 0) is 0 Å². The van der Waals surface area contributed by atoms with Gasteiger partial charge in [0.25, 0.3) is 0 Å². The van der Waals surface area contributed by atoms with Crippen LogP contribution in [0.3, 0.4) is 0 Å². The van der Waals surface area contributed by atoms with Crippen LogP contribution >= 0.6 is 12.2 Å². The van der Waals surface area contributed by atoms with Crippen LogP contribution < -0.4 is 15.5 Å². The maximum Gasteiger partial charge on any atom is 0.166 e. The van der Waals surface area contributed by atoms with Gasteiger partial charge in [-0.25, -0.2) is 0 Å². The van der Waals surface area contributed by atoms with Crippen molar-refractivity contribution in [1.82, 2.24) is 10.6 Å². The van der Waals surface area contributed by atoms with Crippen molar-refractivity contribution in [3.05, 3.63) is 35.9 Å². The van der Waals surface area contributed by atoms with Crippen LogP contribution in [0.15, 0.2) is 30.3 Å². The van der Waals surface area contributed by atoms with Crippen LogP contribution in [-0.4, -0.2) is 30.8 Å². The summed E-state index contributed by atoms with van der Waals surface area (Å²) >= 11 is 5.55. The van der Waals surface area contributed by atoms with Crippen molar-refractivity contribution in [2.45, 2.75) is 57.0 Å². The molecule has 0 aromatic heterocycles. The van der Waals surface area contributed by atoms with E-state index in [4.69, 9.17) is 12.2 Å². The zero-order valence-corrected chi connectivity index (χ0v) is 14.8. The molecular weight excluding hydrogens is 302 g/mol. The van der Waals surface area contributed by atoms with E-state index in [2.05, 4.69) is 41.0 Å². The van der Waals surface area contributed by atoms with Crippen LogP contribution in [0.25, 0.3) is 0 Å². The van der Waals surface area contributed by atoms with Gasteiger partial charge >= 0.3 is 0 Å². The zero-order chi connectivity index (χ0) is 15.9. The van der Waals surface area contributed by atoms with Gasteiger partial charge in [-0.2, -0.15) is 0 Å². The summed E-state index contributed by atoms with van der Waals surface area (Å²) in [6.45, 7) is 3.49. The topological polar surface area (TPSA) is 28.5 Å². The Bertz CT molecular complexity index is 479. The summed E-state index contributed by atoms with van der Waals surface area (Å²) in [6.07, 6.45) is 9.29. The molecule has 0 unspecified atom stereocenters. The minimum absolute atomic E-state index is 0.504. The standard InChI is InChI=1S/C19H29N3S/c23-19(21-17-11-5-2-6-12-17)20-15-18(22-13-7-8-14-22)16-9-3-1-4-10-16/h1,3-4,9-10,17-18H,2,5-8,11-15H2,(H2,20,21,23)/p+1/t18-/m0/s1. The molecule has 1 aromatic carbocycles. The Hall–Kier alpha value is -1.13. The predicted molar refractivity (Wildman–Crippen MR) is 99.7 cm³/mol. The third kappa shape index (κ3) is 4.92.